The largest absolute Gasteiger partial charge is 0.365 e. The van der Waals surface area contributed by atoms with E-state index in [4.69, 9.17) is 10.8 Å². The van der Waals surface area contributed by atoms with Gasteiger partial charge in [0.25, 0.3) is 5.91 Å². The molecule has 5 rings (SSSR count). The maximum atomic E-state index is 11.7. The average Bonchev–Trinajstić information content (AvgIpc) is 3.43. The Labute approximate surface area is 170 Å². The fourth-order valence-electron chi connectivity index (χ4n) is 3.51. The third kappa shape index (κ3) is 3.17. The van der Waals surface area contributed by atoms with Gasteiger partial charge in [-0.2, -0.15) is 15.9 Å². The quantitative estimate of drug-likeness (QED) is 0.549. The Morgan fingerprint density at radius 1 is 1.03 bits per heavy atom. The molecule has 2 N–H and O–H groups in total. The summed E-state index contributed by atoms with van der Waals surface area (Å²) in [5.74, 6) is 1.78. The molecule has 1 aliphatic rings. The number of hydrogen-bond acceptors (Lipinski definition) is 8. The molecule has 0 unspecified atom stereocenters. The van der Waals surface area contributed by atoms with E-state index < -0.39 is 5.91 Å². The van der Waals surface area contributed by atoms with Crippen LogP contribution in [0.4, 0.5) is 11.6 Å². The van der Waals surface area contributed by atoms with E-state index in [2.05, 4.69) is 25.0 Å². The zero-order chi connectivity index (χ0) is 19.8. The van der Waals surface area contributed by atoms with E-state index in [0.717, 1.165) is 43.4 Å². The number of rotatable bonds is 4. The van der Waals surface area contributed by atoms with Crippen LogP contribution in [0.5, 0.6) is 0 Å². The summed E-state index contributed by atoms with van der Waals surface area (Å²) in [5.41, 5.74) is 7.67. The number of thiophene rings is 1. The molecule has 0 aliphatic carbocycles. The first-order chi connectivity index (χ1) is 14.2. The van der Waals surface area contributed by atoms with Crippen LogP contribution in [0.3, 0.4) is 0 Å². The molecule has 1 saturated heterocycles. The van der Waals surface area contributed by atoms with Gasteiger partial charge in [0.15, 0.2) is 11.5 Å². The molecule has 4 aromatic rings. The summed E-state index contributed by atoms with van der Waals surface area (Å²) in [6.07, 6.45) is 1.68. The maximum Gasteiger partial charge on any atom is 0.252 e. The highest BCUT2D eigenvalue weighted by Crippen LogP contribution is 2.23. The second-order valence-corrected chi connectivity index (χ2v) is 7.49. The Bertz CT molecular complexity index is 1160. The Kier molecular flexibility index (Phi) is 4.32. The number of aromatic nitrogens is 5. The molecule has 1 amide bonds. The van der Waals surface area contributed by atoms with Gasteiger partial charge in [0.1, 0.15) is 11.6 Å². The minimum absolute atomic E-state index is 0.449. The third-order valence-electron chi connectivity index (χ3n) is 4.98. The molecular formula is C19H18N8OS. The monoisotopic (exact) mass is 406 g/mol. The molecule has 4 aromatic heterocycles. The lowest BCUT2D eigenvalue weighted by atomic mass is 10.2. The van der Waals surface area contributed by atoms with Crippen LogP contribution in [-0.4, -0.2) is 56.9 Å². The minimum Gasteiger partial charge on any atom is -0.365 e. The second kappa shape index (κ2) is 7.13. The van der Waals surface area contributed by atoms with Crippen LogP contribution in [0.25, 0.3) is 17.0 Å². The standard InChI is InChI=1S/C19H18N8OS/c20-17(28)14-2-1-6-21-19(14)26-9-7-25(8-10-26)16-4-3-15-22-23-18(27(15)24-16)13-5-11-29-12-13/h1-6,11-12H,7-10H2,(H2,20,28). The highest BCUT2D eigenvalue weighted by molar-refractivity contribution is 7.08. The van der Waals surface area contributed by atoms with Crippen molar-refractivity contribution in [1.82, 2.24) is 24.8 Å². The van der Waals surface area contributed by atoms with Crippen molar-refractivity contribution in [2.24, 2.45) is 5.73 Å². The van der Waals surface area contributed by atoms with Gasteiger partial charge in [-0.05, 0) is 35.7 Å². The van der Waals surface area contributed by atoms with Gasteiger partial charge in [-0.15, -0.1) is 15.3 Å². The lowest BCUT2D eigenvalue weighted by molar-refractivity contribution is 0.100. The van der Waals surface area contributed by atoms with E-state index in [1.54, 1.807) is 34.2 Å². The Hall–Kier alpha value is -3.53. The van der Waals surface area contributed by atoms with Crippen LogP contribution in [0.2, 0.25) is 0 Å². The topological polar surface area (TPSA) is 106 Å². The molecule has 0 saturated carbocycles. The number of carbonyl (C=O) groups excluding carboxylic acids is 1. The summed E-state index contributed by atoms with van der Waals surface area (Å²) in [6, 6.07) is 9.35. The third-order valence-corrected chi connectivity index (χ3v) is 5.67. The summed E-state index contributed by atoms with van der Waals surface area (Å²) in [4.78, 5) is 20.4. The van der Waals surface area contributed by atoms with Crippen molar-refractivity contribution >= 4 is 34.5 Å². The molecule has 29 heavy (non-hydrogen) atoms. The van der Waals surface area contributed by atoms with E-state index in [9.17, 15) is 4.79 Å². The number of anilines is 2. The first-order valence-corrected chi connectivity index (χ1v) is 10.1. The van der Waals surface area contributed by atoms with E-state index in [-0.39, 0.29) is 0 Å². The van der Waals surface area contributed by atoms with E-state index >= 15 is 0 Å². The summed E-state index contributed by atoms with van der Waals surface area (Å²) in [5, 5.41) is 17.3. The van der Waals surface area contributed by atoms with Gasteiger partial charge in [-0.3, -0.25) is 4.79 Å². The molecule has 1 fully saturated rings. The van der Waals surface area contributed by atoms with Crippen molar-refractivity contribution in [3.63, 3.8) is 0 Å². The molecule has 146 valence electrons. The van der Waals surface area contributed by atoms with E-state index in [1.165, 1.54) is 0 Å². The van der Waals surface area contributed by atoms with Crippen molar-refractivity contribution in [3.8, 4) is 11.4 Å². The summed E-state index contributed by atoms with van der Waals surface area (Å²) in [6.45, 7) is 2.94. The average molecular weight is 406 g/mol. The predicted octanol–water partition coefficient (Wildman–Crippen LogP) is 1.67. The number of amides is 1. The Balaban J connectivity index is 1.38. The van der Waals surface area contributed by atoms with Crippen molar-refractivity contribution in [2.75, 3.05) is 36.0 Å². The number of piperazine rings is 1. The number of hydrogen-bond donors (Lipinski definition) is 1. The molecule has 9 nitrogen and oxygen atoms in total. The van der Waals surface area contributed by atoms with E-state index in [1.807, 2.05) is 29.0 Å². The van der Waals surface area contributed by atoms with Crippen molar-refractivity contribution in [2.45, 2.75) is 0 Å². The Morgan fingerprint density at radius 2 is 1.86 bits per heavy atom. The first kappa shape index (κ1) is 17.6. The van der Waals surface area contributed by atoms with Crippen LogP contribution in [-0.2, 0) is 0 Å². The van der Waals surface area contributed by atoms with Gasteiger partial charge < -0.3 is 15.5 Å². The maximum absolute atomic E-state index is 11.7. The van der Waals surface area contributed by atoms with Crippen LogP contribution in [0.15, 0.2) is 47.3 Å². The number of carbonyl (C=O) groups is 1. The van der Waals surface area contributed by atoms with Crippen molar-refractivity contribution in [3.05, 3.63) is 52.9 Å². The second-order valence-electron chi connectivity index (χ2n) is 6.71. The SMILES string of the molecule is NC(=O)c1cccnc1N1CCN(c2ccc3nnc(-c4ccsc4)n3n2)CC1. The summed E-state index contributed by atoms with van der Waals surface area (Å²) < 4.78 is 1.79. The number of pyridine rings is 1. The molecule has 10 heteroatoms. The van der Waals surface area contributed by atoms with Gasteiger partial charge >= 0.3 is 0 Å². The Morgan fingerprint density at radius 3 is 2.62 bits per heavy atom. The molecule has 0 spiro atoms. The van der Waals surface area contributed by atoms with Gasteiger partial charge in [-0.25, -0.2) is 4.98 Å². The molecule has 0 bridgehead atoms. The van der Waals surface area contributed by atoms with Crippen LogP contribution >= 0.6 is 11.3 Å². The molecular weight excluding hydrogens is 388 g/mol. The molecule has 0 radical (unpaired) electrons. The van der Waals surface area contributed by atoms with Gasteiger partial charge in [-0.1, -0.05) is 0 Å². The van der Waals surface area contributed by atoms with Gasteiger partial charge in [0, 0.05) is 43.3 Å². The zero-order valence-corrected chi connectivity index (χ0v) is 16.3. The highest BCUT2D eigenvalue weighted by Gasteiger charge is 2.23. The molecule has 0 aromatic carbocycles. The fraction of sp³-hybridized carbons (Fsp3) is 0.211. The predicted molar refractivity (Wildman–Crippen MR) is 111 cm³/mol. The number of fused-ring (bicyclic) bond motifs is 1. The zero-order valence-electron chi connectivity index (χ0n) is 15.5. The summed E-state index contributed by atoms with van der Waals surface area (Å²) in [7, 11) is 0. The number of primary amides is 1. The first-order valence-electron chi connectivity index (χ1n) is 9.20. The highest BCUT2D eigenvalue weighted by atomic mass is 32.1. The molecule has 5 heterocycles. The normalized spacial score (nSPS) is 14.5. The van der Waals surface area contributed by atoms with Crippen LogP contribution in [0, 0.1) is 0 Å². The van der Waals surface area contributed by atoms with Gasteiger partial charge in [0.2, 0.25) is 0 Å². The lowest BCUT2D eigenvalue weighted by Gasteiger charge is -2.36. The minimum atomic E-state index is -0.462. The van der Waals surface area contributed by atoms with E-state index in [0.29, 0.717) is 17.0 Å². The lowest BCUT2D eigenvalue weighted by Crippen LogP contribution is -2.47. The van der Waals surface area contributed by atoms with Crippen molar-refractivity contribution < 1.29 is 4.79 Å². The van der Waals surface area contributed by atoms with Gasteiger partial charge in [0.05, 0.1) is 5.56 Å². The number of nitrogens with two attached hydrogens (primary N) is 1. The number of nitrogens with zero attached hydrogens (tertiary/aromatic N) is 7. The fourth-order valence-corrected chi connectivity index (χ4v) is 4.14. The van der Waals surface area contributed by atoms with Crippen LogP contribution < -0.4 is 15.5 Å². The summed E-state index contributed by atoms with van der Waals surface area (Å²) >= 11 is 1.62. The molecule has 0 atom stereocenters. The smallest absolute Gasteiger partial charge is 0.252 e. The van der Waals surface area contributed by atoms with Crippen molar-refractivity contribution in [1.29, 1.82) is 0 Å². The molecule has 1 aliphatic heterocycles. The van der Waals surface area contributed by atoms with Crippen LogP contribution in [0.1, 0.15) is 10.4 Å².